The monoisotopic (exact) mass is 260 g/mol. The molecule has 0 aromatic rings. The first-order valence-corrected chi connectivity index (χ1v) is 6.63. The first kappa shape index (κ1) is 17.2. The summed E-state index contributed by atoms with van der Waals surface area (Å²) in [6.07, 6.45) is -0.894. The van der Waals surface area contributed by atoms with Gasteiger partial charge < -0.3 is 19.6 Å². The van der Waals surface area contributed by atoms with E-state index in [0.29, 0.717) is 19.8 Å². The summed E-state index contributed by atoms with van der Waals surface area (Å²) >= 11 is 0. The lowest BCUT2D eigenvalue weighted by molar-refractivity contribution is 0.0540. The fraction of sp³-hybridized carbons (Fsp3) is 0.923. The van der Waals surface area contributed by atoms with Crippen LogP contribution < -0.4 is 0 Å². The van der Waals surface area contributed by atoms with Crippen molar-refractivity contribution in [2.24, 2.45) is 0 Å². The molecular weight excluding hydrogens is 232 g/mol. The van der Waals surface area contributed by atoms with Gasteiger partial charge in [-0.25, -0.2) is 4.79 Å². The molecule has 0 atom stereocenters. The summed E-state index contributed by atoms with van der Waals surface area (Å²) in [5.74, 6) is 0. The minimum Gasteiger partial charge on any atom is -0.465 e. The number of ether oxygens (including phenoxy) is 1. The molecule has 0 aliphatic carbocycles. The normalized spacial score (nSPS) is 11.9. The zero-order valence-electron chi connectivity index (χ0n) is 12.4. The van der Waals surface area contributed by atoms with Crippen molar-refractivity contribution in [3.63, 3.8) is 0 Å². The van der Waals surface area contributed by atoms with E-state index in [0.717, 1.165) is 19.6 Å². The zero-order valence-corrected chi connectivity index (χ0v) is 12.4. The summed E-state index contributed by atoms with van der Waals surface area (Å²) < 4.78 is 5.50. The van der Waals surface area contributed by atoms with Gasteiger partial charge in [-0.2, -0.15) is 0 Å². The molecule has 1 N–H and O–H groups in total. The van der Waals surface area contributed by atoms with Crippen LogP contribution in [0, 0.1) is 0 Å². The minimum absolute atomic E-state index is 0.381. The lowest BCUT2D eigenvalue weighted by Crippen LogP contribution is -2.46. The molecule has 0 aliphatic heterocycles. The highest BCUT2D eigenvalue weighted by molar-refractivity contribution is 5.65. The van der Waals surface area contributed by atoms with E-state index >= 15 is 0 Å². The molecule has 0 fully saturated rings. The van der Waals surface area contributed by atoms with Crippen molar-refractivity contribution < 1.29 is 14.6 Å². The lowest BCUT2D eigenvalue weighted by Gasteiger charge is -2.33. The minimum atomic E-state index is -0.894. The van der Waals surface area contributed by atoms with E-state index in [2.05, 4.69) is 18.7 Å². The maximum Gasteiger partial charge on any atom is 0.407 e. The predicted molar refractivity (Wildman–Crippen MR) is 73.1 cm³/mol. The highest BCUT2D eigenvalue weighted by Gasteiger charge is 2.25. The molecule has 0 rings (SSSR count). The van der Waals surface area contributed by atoms with Crippen molar-refractivity contribution in [1.29, 1.82) is 0 Å². The third-order valence-electron chi connectivity index (χ3n) is 2.95. The van der Waals surface area contributed by atoms with Gasteiger partial charge in [0.05, 0.1) is 13.2 Å². The van der Waals surface area contributed by atoms with Gasteiger partial charge in [-0.1, -0.05) is 13.8 Å². The summed E-state index contributed by atoms with van der Waals surface area (Å²) in [6, 6.07) is 0. The molecule has 0 aliphatic rings. The summed E-state index contributed by atoms with van der Waals surface area (Å²) in [7, 11) is 0. The van der Waals surface area contributed by atoms with E-state index in [1.165, 1.54) is 4.90 Å². The van der Waals surface area contributed by atoms with Crippen molar-refractivity contribution >= 4 is 6.09 Å². The summed E-state index contributed by atoms with van der Waals surface area (Å²) in [6.45, 7) is 14.3. The molecule has 0 aromatic carbocycles. The standard InChI is InChI=1S/C13H28N2O3/c1-6-14(7-2)8-10-18-11-9-15(12(16)17)13(3,4)5/h6-11H2,1-5H3,(H,16,17). The average molecular weight is 260 g/mol. The number of carbonyl (C=O) groups is 1. The van der Waals surface area contributed by atoms with Crippen LogP contribution in [0.1, 0.15) is 34.6 Å². The largest absolute Gasteiger partial charge is 0.465 e. The molecule has 5 heteroatoms. The second-order valence-electron chi connectivity index (χ2n) is 5.24. The van der Waals surface area contributed by atoms with Crippen molar-refractivity contribution in [3.05, 3.63) is 0 Å². The number of hydrogen-bond acceptors (Lipinski definition) is 3. The Bertz CT molecular complexity index is 235. The van der Waals surface area contributed by atoms with E-state index in [9.17, 15) is 4.79 Å². The molecule has 0 bridgehead atoms. The highest BCUT2D eigenvalue weighted by atomic mass is 16.5. The van der Waals surface area contributed by atoms with Crippen LogP contribution in [0.3, 0.4) is 0 Å². The lowest BCUT2D eigenvalue weighted by atomic mass is 10.1. The van der Waals surface area contributed by atoms with E-state index in [1.807, 2.05) is 20.8 Å². The third kappa shape index (κ3) is 6.81. The van der Waals surface area contributed by atoms with Gasteiger partial charge in [0.15, 0.2) is 0 Å². The molecular formula is C13H28N2O3. The molecule has 1 amide bonds. The smallest absolute Gasteiger partial charge is 0.407 e. The molecule has 18 heavy (non-hydrogen) atoms. The quantitative estimate of drug-likeness (QED) is 0.679. The number of nitrogens with zero attached hydrogens (tertiary/aromatic N) is 2. The SMILES string of the molecule is CCN(CC)CCOCCN(C(=O)O)C(C)(C)C. The Morgan fingerprint density at radius 2 is 1.61 bits per heavy atom. The summed E-state index contributed by atoms with van der Waals surface area (Å²) in [5.41, 5.74) is -0.381. The Kier molecular flexibility index (Phi) is 7.95. The van der Waals surface area contributed by atoms with Gasteiger partial charge in [0.1, 0.15) is 0 Å². The first-order chi connectivity index (χ1) is 8.32. The van der Waals surface area contributed by atoms with Crippen LogP contribution in [-0.2, 0) is 4.74 Å². The number of carboxylic acid groups (broad SMARTS) is 1. The van der Waals surface area contributed by atoms with Crippen LogP contribution in [0.2, 0.25) is 0 Å². The molecule has 108 valence electrons. The van der Waals surface area contributed by atoms with Crippen LogP contribution in [0.4, 0.5) is 4.79 Å². The van der Waals surface area contributed by atoms with E-state index in [-0.39, 0.29) is 5.54 Å². The number of likely N-dealkylation sites (N-methyl/N-ethyl adjacent to an activating group) is 1. The Morgan fingerprint density at radius 1 is 1.11 bits per heavy atom. The second kappa shape index (κ2) is 8.32. The molecule has 0 unspecified atom stereocenters. The van der Waals surface area contributed by atoms with Crippen molar-refractivity contribution in [3.8, 4) is 0 Å². The van der Waals surface area contributed by atoms with Gasteiger partial charge in [-0.3, -0.25) is 0 Å². The first-order valence-electron chi connectivity index (χ1n) is 6.63. The topological polar surface area (TPSA) is 53.0 Å². The van der Waals surface area contributed by atoms with E-state index < -0.39 is 6.09 Å². The number of hydrogen-bond donors (Lipinski definition) is 1. The number of amides is 1. The molecule has 5 nitrogen and oxygen atoms in total. The predicted octanol–water partition coefficient (Wildman–Crippen LogP) is 2.12. The molecule has 0 heterocycles. The Hall–Kier alpha value is -0.810. The molecule has 0 saturated heterocycles. The van der Waals surface area contributed by atoms with Gasteiger partial charge in [-0.15, -0.1) is 0 Å². The molecule has 0 aromatic heterocycles. The van der Waals surface area contributed by atoms with Crippen LogP contribution in [0.5, 0.6) is 0 Å². The van der Waals surface area contributed by atoms with Crippen LogP contribution in [0.15, 0.2) is 0 Å². The van der Waals surface area contributed by atoms with Crippen LogP contribution in [-0.4, -0.2) is 65.9 Å². The second-order valence-corrected chi connectivity index (χ2v) is 5.24. The zero-order chi connectivity index (χ0) is 14.2. The fourth-order valence-corrected chi connectivity index (χ4v) is 1.71. The van der Waals surface area contributed by atoms with Crippen LogP contribution in [0.25, 0.3) is 0 Å². The van der Waals surface area contributed by atoms with Crippen molar-refractivity contribution in [2.75, 3.05) is 39.4 Å². The summed E-state index contributed by atoms with van der Waals surface area (Å²) in [4.78, 5) is 14.8. The maximum absolute atomic E-state index is 11.1. The fourth-order valence-electron chi connectivity index (χ4n) is 1.71. The Labute approximate surface area is 111 Å². The van der Waals surface area contributed by atoms with Gasteiger partial charge in [0.2, 0.25) is 0 Å². The molecule has 0 radical (unpaired) electrons. The van der Waals surface area contributed by atoms with Gasteiger partial charge in [0.25, 0.3) is 0 Å². The van der Waals surface area contributed by atoms with Gasteiger partial charge in [-0.05, 0) is 33.9 Å². The highest BCUT2D eigenvalue weighted by Crippen LogP contribution is 2.12. The van der Waals surface area contributed by atoms with Gasteiger partial charge in [0, 0.05) is 18.6 Å². The van der Waals surface area contributed by atoms with Gasteiger partial charge >= 0.3 is 6.09 Å². The maximum atomic E-state index is 11.1. The van der Waals surface area contributed by atoms with E-state index in [4.69, 9.17) is 9.84 Å². The van der Waals surface area contributed by atoms with Crippen molar-refractivity contribution in [1.82, 2.24) is 9.80 Å². The molecule has 0 spiro atoms. The molecule has 0 saturated carbocycles. The average Bonchev–Trinajstić information content (AvgIpc) is 2.26. The third-order valence-corrected chi connectivity index (χ3v) is 2.95. The van der Waals surface area contributed by atoms with Crippen molar-refractivity contribution in [2.45, 2.75) is 40.2 Å². The Morgan fingerprint density at radius 3 is 2.00 bits per heavy atom. The van der Waals surface area contributed by atoms with Crippen LogP contribution >= 0.6 is 0 Å². The summed E-state index contributed by atoms with van der Waals surface area (Å²) in [5, 5.41) is 9.09. The Balaban J connectivity index is 3.85. The van der Waals surface area contributed by atoms with E-state index in [1.54, 1.807) is 0 Å². The number of rotatable bonds is 8.